The van der Waals surface area contributed by atoms with Crippen molar-refractivity contribution in [1.82, 2.24) is 0 Å². The van der Waals surface area contributed by atoms with E-state index in [0.29, 0.717) is 13.0 Å². The Bertz CT molecular complexity index is 328. The first kappa shape index (κ1) is 12.8. The molecule has 1 rings (SSSR count). The van der Waals surface area contributed by atoms with Crippen LogP contribution in [-0.4, -0.2) is 32.0 Å². The number of aliphatic hydroxyl groups excluding tert-OH is 1. The molecule has 4 nitrogen and oxygen atoms in total. The van der Waals surface area contributed by atoms with Crippen LogP contribution in [0.25, 0.3) is 0 Å². The van der Waals surface area contributed by atoms with Crippen molar-refractivity contribution in [2.24, 2.45) is 5.73 Å². The van der Waals surface area contributed by atoms with Crippen LogP contribution in [0.5, 0.6) is 11.5 Å². The Balaban J connectivity index is 2.71. The van der Waals surface area contributed by atoms with Gasteiger partial charge in [-0.2, -0.15) is 0 Å². The Hall–Kier alpha value is -1.26. The SMILES string of the molecule is COc1ccc(CCC(O)CN)c(OC)c1. The number of hydrogen-bond donors (Lipinski definition) is 2. The number of ether oxygens (including phenoxy) is 2. The molecule has 4 heteroatoms. The fraction of sp³-hybridized carbons (Fsp3) is 0.500. The maximum absolute atomic E-state index is 9.39. The predicted molar refractivity (Wildman–Crippen MR) is 62.9 cm³/mol. The fourth-order valence-corrected chi connectivity index (χ4v) is 1.50. The lowest BCUT2D eigenvalue weighted by molar-refractivity contribution is 0.173. The van der Waals surface area contributed by atoms with E-state index in [0.717, 1.165) is 23.5 Å². The highest BCUT2D eigenvalue weighted by Crippen LogP contribution is 2.25. The minimum atomic E-state index is -0.452. The third-order valence-corrected chi connectivity index (χ3v) is 2.51. The van der Waals surface area contributed by atoms with Crippen LogP contribution >= 0.6 is 0 Å². The second kappa shape index (κ2) is 6.35. The molecule has 0 radical (unpaired) electrons. The monoisotopic (exact) mass is 225 g/mol. The molecule has 1 unspecified atom stereocenters. The van der Waals surface area contributed by atoms with E-state index in [2.05, 4.69) is 0 Å². The average Bonchev–Trinajstić information content (AvgIpc) is 2.35. The van der Waals surface area contributed by atoms with Gasteiger partial charge in [0.1, 0.15) is 11.5 Å². The Morgan fingerprint density at radius 1 is 1.31 bits per heavy atom. The lowest BCUT2D eigenvalue weighted by Crippen LogP contribution is -2.20. The van der Waals surface area contributed by atoms with Crippen molar-refractivity contribution < 1.29 is 14.6 Å². The first-order valence-electron chi connectivity index (χ1n) is 5.30. The molecular weight excluding hydrogens is 206 g/mol. The minimum absolute atomic E-state index is 0.290. The van der Waals surface area contributed by atoms with Gasteiger partial charge in [-0.3, -0.25) is 0 Å². The number of methoxy groups -OCH3 is 2. The quantitative estimate of drug-likeness (QED) is 0.756. The molecule has 0 bridgehead atoms. The molecule has 1 aromatic carbocycles. The summed E-state index contributed by atoms with van der Waals surface area (Å²) in [5.74, 6) is 1.54. The number of benzene rings is 1. The Morgan fingerprint density at radius 3 is 2.62 bits per heavy atom. The fourth-order valence-electron chi connectivity index (χ4n) is 1.50. The summed E-state index contributed by atoms with van der Waals surface area (Å²) in [6, 6.07) is 5.66. The maximum atomic E-state index is 9.39. The molecule has 1 aromatic rings. The van der Waals surface area contributed by atoms with E-state index in [1.807, 2.05) is 18.2 Å². The van der Waals surface area contributed by atoms with Gasteiger partial charge in [0, 0.05) is 12.6 Å². The summed E-state index contributed by atoms with van der Waals surface area (Å²) < 4.78 is 10.4. The van der Waals surface area contributed by atoms with Gasteiger partial charge in [-0.15, -0.1) is 0 Å². The molecule has 0 fully saturated rings. The maximum Gasteiger partial charge on any atom is 0.125 e. The molecule has 90 valence electrons. The molecule has 0 amide bonds. The molecule has 0 aliphatic rings. The highest BCUT2D eigenvalue weighted by atomic mass is 16.5. The van der Waals surface area contributed by atoms with Crippen LogP contribution in [0.15, 0.2) is 18.2 Å². The van der Waals surface area contributed by atoms with Gasteiger partial charge in [-0.1, -0.05) is 6.07 Å². The molecule has 16 heavy (non-hydrogen) atoms. The van der Waals surface area contributed by atoms with Crippen molar-refractivity contribution >= 4 is 0 Å². The number of aliphatic hydroxyl groups is 1. The molecule has 0 aliphatic heterocycles. The van der Waals surface area contributed by atoms with Gasteiger partial charge in [0.25, 0.3) is 0 Å². The highest BCUT2D eigenvalue weighted by Gasteiger charge is 2.07. The summed E-state index contributed by atoms with van der Waals surface area (Å²) in [4.78, 5) is 0. The molecule has 0 saturated heterocycles. The van der Waals surface area contributed by atoms with Crippen LogP contribution in [-0.2, 0) is 6.42 Å². The van der Waals surface area contributed by atoms with Gasteiger partial charge in [0.05, 0.1) is 20.3 Å². The van der Waals surface area contributed by atoms with Gasteiger partial charge in [0.15, 0.2) is 0 Å². The number of aryl methyl sites for hydroxylation is 1. The Morgan fingerprint density at radius 2 is 2.06 bits per heavy atom. The second-order valence-corrected chi connectivity index (χ2v) is 3.61. The summed E-state index contributed by atoms with van der Waals surface area (Å²) >= 11 is 0. The zero-order valence-corrected chi connectivity index (χ0v) is 9.77. The average molecular weight is 225 g/mol. The lowest BCUT2D eigenvalue weighted by Gasteiger charge is -2.12. The van der Waals surface area contributed by atoms with Crippen molar-refractivity contribution in [3.8, 4) is 11.5 Å². The lowest BCUT2D eigenvalue weighted by atomic mass is 10.1. The zero-order chi connectivity index (χ0) is 12.0. The third-order valence-electron chi connectivity index (χ3n) is 2.51. The van der Waals surface area contributed by atoms with Gasteiger partial charge < -0.3 is 20.3 Å². The number of nitrogens with two attached hydrogens (primary N) is 1. The molecule has 0 heterocycles. The van der Waals surface area contributed by atoms with Crippen molar-refractivity contribution in [2.75, 3.05) is 20.8 Å². The van der Waals surface area contributed by atoms with Crippen molar-refractivity contribution in [1.29, 1.82) is 0 Å². The minimum Gasteiger partial charge on any atom is -0.497 e. The smallest absolute Gasteiger partial charge is 0.125 e. The summed E-state index contributed by atoms with van der Waals surface area (Å²) in [5, 5.41) is 9.39. The van der Waals surface area contributed by atoms with Crippen LogP contribution in [0.1, 0.15) is 12.0 Å². The van der Waals surface area contributed by atoms with Gasteiger partial charge in [-0.05, 0) is 24.5 Å². The normalized spacial score (nSPS) is 12.2. The topological polar surface area (TPSA) is 64.7 Å². The number of hydrogen-bond acceptors (Lipinski definition) is 4. The summed E-state index contributed by atoms with van der Waals surface area (Å²) in [7, 11) is 3.24. The van der Waals surface area contributed by atoms with E-state index in [4.69, 9.17) is 15.2 Å². The van der Waals surface area contributed by atoms with E-state index < -0.39 is 6.10 Å². The Kier molecular flexibility index (Phi) is 5.08. The largest absolute Gasteiger partial charge is 0.497 e. The molecule has 1 atom stereocenters. The molecule has 0 saturated carbocycles. The van der Waals surface area contributed by atoms with Crippen LogP contribution in [0.4, 0.5) is 0 Å². The number of rotatable bonds is 6. The summed E-state index contributed by atoms with van der Waals surface area (Å²) in [6.07, 6.45) is 0.928. The van der Waals surface area contributed by atoms with E-state index >= 15 is 0 Å². The molecular formula is C12H19NO3. The van der Waals surface area contributed by atoms with Gasteiger partial charge >= 0.3 is 0 Å². The molecule has 0 aromatic heterocycles. The third kappa shape index (κ3) is 3.40. The predicted octanol–water partition coefficient (Wildman–Crippen LogP) is 0.956. The molecule has 0 spiro atoms. The van der Waals surface area contributed by atoms with Crippen LogP contribution in [0.2, 0.25) is 0 Å². The van der Waals surface area contributed by atoms with Gasteiger partial charge in [-0.25, -0.2) is 0 Å². The second-order valence-electron chi connectivity index (χ2n) is 3.61. The van der Waals surface area contributed by atoms with Crippen molar-refractivity contribution in [3.63, 3.8) is 0 Å². The van der Waals surface area contributed by atoms with E-state index in [1.165, 1.54) is 0 Å². The first-order valence-corrected chi connectivity index (χ1v) is 5.30. The molecule has 0 aliphatic carbocycles. The van der Waals surface area contributed by atoms with Crippen LogP contribution in [0, 0.1) is 0 Å². The van der Waals surface area contributed by atoms with E-state index in [9.17, 15) is 5.11 Å². The van der Waals surface area contributed by atoms with Crippen molar-refractivity contribution in [3.05, 3.63) is 23.8 Å². The highest BCUT2D eigenvalue weighted by molar-refractivity contribution is 5.40. The van der Waals surface area contributed by atoms with E-state index in [1.54, 1.807) is 14.2 Å². The zero-order valence-electron chi connectivity index (χ0n) is 9.77. The molecule has 3 N–H and O–H groups in total. The Labute approximate surface area is 96.0 Å². The van der Waals surface area contributed by atoms with Gasteiger partial charge in [0.2, 0.25) is 0 Å². The first-order chi connectivity index (χ1) is 7.71. The van der Waals surface area contributed by atoms with E-state index in [-0.39, 0.29) is 0 Å². The standard InChI is InChI=1S/C12H19NO3/c1-15-11-6-4-9(12(7-11)16-2)3-5-10(14)8-13/h4,6-7,10,14H,3,5,8,13H2,1-2H3. The summed E-state index contributed by atoms with van der Waals surface area (Å²) in [6.45, 7) is 0.290. The van der Waals surface area contributed by atoms with Crippen molar-refractivity contribution in [2.45, 2.75) is 18.9 Å². The van der Waals surface area contributed by atoms with Crippen LogP contribution < -0.4 is 15.2 Å². The van der Waals surface area contributed by atoms with Crippen LogP contribution in [0.3, 0.4) is 0 Å². The summed E-state index contributed by atoms with van der Waals surface area (Å²) in [5.41, 5.74) is 6.40.